The molecule has 2 amide bonds. The second-order valence-corrected chi connectivity index (χ2v) is 6.99. The Balaban J connectivity index is 1.48. The molecule has 0 saturated heterocycles. The predicted molar refractivity (Wildman–Crippen MR) is 122 cm³/mol. The van der Waals surface area contributed by atoms with E-state index in [0.717, 1.165) is 11.3 Å². The third kappa shape index (κ3) is 4.67. The second kappa shape index (κ2) is 9.61. The molecule has 7 heteroatoms. The lowest BCUT2D eigenvalue weighted by Crippen LogP contribution is -2.25. The number of rotatable bonds is 7. The maximum Gasteiger partial charge on any atom is 0.255 e. The molecule has 4 rings (SSSR count). The third-order valence-electron chi connectivity index (χ3n) is 4.95. The van der Waals surface area contributed by atoms with Gasteiger partial charge in [0.05, 0.1) is 24.0 Å². The number of carbonyl (C=O) groups excluding carboxylic acids is 2. The first-order valence-corrected chi connectivity index (χ1v) is 10.1. The molecule has 0 atom stereocenters. The lowest BCUT2D eigenvalue weighted by atomic mass is 10.1. The van der Waals surface area contributed by atoms with Crippen LogP contribution in [0, 0.1) is 0 Å². The van der Waals surface area contributed by atoms with Crippen LogP contribution in [0.5, 0.6) is 5.75 Å². The minimum Gasteiger partial charge on any atom is -0.497 e. The van der Waals surface area contributed by atoms with E-state index in [-0.39, 0.29) is 11.8 Å². The molecule has 0 aliphatic rings. The zero-order valence-electron chi connectivity index (χ0n) is 17.5. The Morgan fingerprint density at radius 3 is 2.41 bits per heavy atom. The molecule has 0 bridgehead atoms. The molecule has 32 heavy (non-hydrogen) atoms. The van der Waals surface area contributed by atoms with E-state index < -0.39 is 0 Å². The first-order chi connectivity index (χ1) is 15.7. The van der Waals surface area contributed by atoms with Crippen LogP contribution in [0.25, 0.3) is 5.69 Å². The molecular formula is C25H22N4O3. The lowest BCUT2D eigenvalue weighted by molar-refractivity contribution is 0.0952. The van der Waals surface area contributed by atoms with Crippen LogP contribution in [0.4, 0.5) is 5.69 Å². The molecule has 4 aromatic rings. The van der Waals surface area contributed by atoms with Crippen molar-refractivity contribution in [3.8, 4) is 11.4 Å². The molecule has 2 N–H and O–H groups in total. The maximum absolute atomic E-state index is 12.9. The first kappa shape index (κ1) is 20.9. The highest BCUT2D eigenvalue weighted by Crippen LogP contribution is 2.19. The van der Waals surface area contributed by atoms with Crippen LogP contribution in [0.15, 0.2) is 91.3 Å². The third-order valence-corrected chi connectivity index (χ3v) is 4.95. The molecular weight excluding hydrogens is 404 g/mol. The number of ether oxygens (including phenoxy) is 1. The molecule has 0 spiro atoms. The topological polar surface area (TPSA) is 85.2 Å². The average Bonchev–Trinajstić information content (AvgIpc) is 3.38. The number of aromatic nitrogens is 2. The van der Waals surface area contributed by atoms with Crippen molar-refractivity contribution in [1.82, 2.24) is 15.1 Å². The number of carbonyl (C=O) groups is 2. The fourth-order valence-electron chi connectivity index (χ4n) is 3.29. The minimum absolute atomic E-state index is 0.286. The average molecular weight is 426 g/mol. The molecule has 7 nitrogen and oxygen atoms in total. The number of methoxy groups -OCH3 is 1. The smallest absolute Gasteiger partial charge is 0.255 e. The van der Waals surface area contributed by atoms with Crippen molar-refractivity contribution in [2.45, 2.75) is 6.54 Å². The van der Waals surface area contributed by atoms with Crippen molar-refractivity contribution in [2.24, 2.45) is 0 Å². The summed E-state index contributed by atoms with van der Waals surface area (Å²) in [6.07, 6.45) is 3.56. The molecule has 0 aliphatic carbocycles. The summed E-state index contributed by atoms with van der Waals surface area (Å²) in [5, 5.41) is 10.0. The molecule has 0 radical (unpaired) electrons. The Hall–Kier alpha value is -4.39. The van der Waals surface area contributed by atoms with Crippen molar-refractivity contribution in [1.29, 1.82) is 0 Å². The van der Waals surface area contributed by atoms with Gasteiger partial charge in [-0.15, -0.1) is 0 Å². The molecule has 1 heterocycles. The van der Waals surface area contributed by atoms with Gasteiger partial charge in [0.25, 0.3) is 11.8 Å². The molecule has 0 unspecified atom stereocenters. The summed E-state index contributed by atoms with van der Waals surface area (Å²) < 4.78 is 6.88. The Morgan fingerprint density at radius 2 is 1.66 bits per heavy atom. The van der Waals surface area contributed by atoms with E-state index in [9.17, 15) is 9.59 Å². The van der Waals surface area contributed by atoms with Crippen LogP contribution in [-0.2, 0) is 6.54 Å². The number of benzene rings is 3. The van der Waals surface area contributed by atoms with Gasteiger partial charge in [-0.05, 0) is 54.1 Å². The van der Waals surface area contributed by atoms with E-state index in [2.05, 4.69) is 15.7 Å². The predicted octanol–water partition coefficient (Wildman–Crippen LogP) is 4.06. The van der Waals surface area contributed by atoms with Gasteiger partial charge >= 0.3 is 0 Å². The van der Waals surface area contributed by atoms with Crippen LogP contribution in [0.3, 0.4) is 0 Å². The van der Waals surface area contributed by atoms with Crippen molar-refractivity contribution < 1.29 is 14.3 Å². The first-order valence-electron chi connectivity index (χ1n) is 10.1. The Morgan fingerprint density at radius 1 is 0.906 bits per heavy atom. The Bertz CT molecular complexity index is 1220. The zero-order chi connectivity index (χ0) is 22.3. The van der Waals surface area contributed by atoms with Gasteiger partial charge in [-0.1, -0.05) is 30.3 Å². The Kier molecular flexibility index (Phi) is 6.27. The number of nitrogens with zero attached hydrogens (tertiary/aromatic N) is 2. The number of nitrogens with one attached hydrogen (secondary N) is 2. The quantitative estimate of drug-likeness (QED) is 0.467. The van der Waals surface area contributed by atoms with E-state index in [1.54, 1.807) is 66.5 Å². The molecule has 3 aromatic carbocycles. The highest BCUT2D eigenvalue weighted by Gasteiger charge is 2.15. The van der Waals surface area contributed by atoms with Crippen LogP contribution >= 0.6 is 0 Å². The van der Waals surface area contributed by atoms with E-state index >= 15 is 0 Å². The highest BCUT2D eigenvalue weighted by molar-refractivity contribution is 6.09. The monoisotopic (exact) mass is 426 g/mol. The molecule has 160 valence electrons. The van der Waals surface area contributed by atoms with E-state index in [1.165, 1.54) is 0 Å². The summed E-state index contributed by atoms with van der Waals surface area (Å²) in [4.78, 5) is 25.6. The summed E-state index contributed by atoms with van der Waals surface area (Å²) in [6, 6.07) is 23.2. The summed E-state index contributed by atoms with van der Waals surface area (Å²) in [7, 11) is 1.57. The van der Waals surface area contributed by atoms with E-state index in [0.29, 0.717) is 29.1 Å². The number of para-hydroxylation sites is 2. The summed E-state index contributed by atoms with van der Waals surface area (Å²) in [6.45, 7) is 0.315. The summed E-state index contributed by atoms with van der Waals surface area (Å²) in [5.41, 5.74) is 3.09. The van der Waals surface area contributed by atoms with Crippen LogP contribution in [0.1, 0.15) is 26.3 Å². The van der Waals surface area contributed by atoms with Crippen LogP contribution in [-0.4, -0.2) is 28.7 Å². The van der Waals surface area contributed by atoms with Gasteiger partial charge in [-0.25, -0.2) is 4.68 Å². The molecule has 0 fully saturated rings. The zero-order valence-corrected chi connectivity index (χ0v) is 17.5. The van der Waals surface area contributed by atoms with E-state index in [4.69, 9.17) is 4.74 Å². The van der Waals surface area contributed by atoms with Gasteiger partial charge in [-0.3, -0.25) is 9.59 Å². The van der Waals surface area contributed by atoms with Crippen molar-refractivity contribution >= 4 is 17.5 Å². The van der Waals surface area contributed by atoms with Crippen LogP contribution < -0.4 is 15.4 Å². The van der Waals surface area contributed by atoms with Gasteiger partial charge in [-0.2, -0.15) is 5.10 Å². The standard InChI is InChI=1S/C25H22N4O3/c1-32-20-13-11-18(12-14-20)24(30)28-22-9-4-3-8-21(22)25(31)26-17-19-7-2-5-10-23(19)29-16-6-15-27-29/h2-16H,17H2,1H3,(H,26,31)(H,28,30). The van der Waals surface area contributed by atoms with Gasteiger partial charge in [0.2, 0.25) is 0 Å². The largest absolute Gasteiger partial charge is 0.497 e. The molecule has 1 aromatic heterocycles. The van der Waals surface area contributed by atoms with Crippen molar-refractivity contribution in [3.05, 3.63) is 108 Å². The van der Waals surface area contributed by atoms with E-state index in [1.807, 2.05) is 36.5 Å². The molecule has 0 saturated carbocycles. The van der Waals surface area contributed by atoms with Gasteiger partial charge in [0.15, 0.2) is 0 Å². The molecule has 0 aliphatic heterocycles. The minimum atomic E-state index is -0.308. The normalized spacial score (nSPS) is 10.4. The van der Waals surface area contributed by atoms with Crippen molar-refractivity contribution in [2.75, 3.05) is 12.4 Å². The number of anilines is 1. The number of amides is 2. The number of hydrogen-bond acceptors (Lipinski definition) is 4. The SMILES string of the molecule is COc1ccc(C(=O)Nc2ccccc2C(=O)NCc2ccccc2-n2cccn2)cc1. The van der Waals surface area contributed by atoms with Gasteiger partial charge in [0.1, 0.15) is 5.75 Å². The lowest BCUT2D eigenvalue weighted by Gasteiger charge is -2.13. The second-order valence-electron chi connectivity index (χ2n) is 6.99. The van der Waals surface area contributed by atoms with Gasteiger partial charge in [0, 0.05) is 24.5 Å². The number of hydrogen-bond donors (Lipinski definition) is 2. The van der Waals surface area contributed by atoms with Crippen molar-refractivity contribution in [3.63, 3.8) is 0 Å². The highest BCUT2D eigenvalue weighted by atomic mass is 16.5. The fourth-order valence-corrected chi connectivity index (χ4v) is 3.29. The fraction of sp³-hybridized carbons (Fsp3) is 0.0800. The Labute approximate surface area is 185 Å². The maximum atomic E-state index is 12.9. The summed E-state index contributed by atoms with van der Waals surface area (Å²) in [5.74, 6) is 0.0690. The van der Waals surface area contributed by atoms with Gasteiger partial charge < -0.3 is 15.4 Å². The van der Waals surface area contributed by atoms with Crippen LogP contribution in [0.2, 0.25) is 0 Å². The summed E-state index contributed by atoms with van der Waals surface area (Å²) >= 11 is 0.